The van der Waals surface area contributed by atoms with Gasteiger partial charge in [0.05, 0.1) is 13.0 Å². The van der Waals surface area contributed by atoms with Crippen molar-refractivity contribution in [2.75, 3.05) is 11.6 Å². The molecule has 1 heterocycles. The quantitative estimate of drug-likeness (QED) is 0.659. The smallest absolute Gasteiger partial charge is 0.235 e. The van der Waals surface area contributed by atoms with Gasteiger partial charge < -0.3 is 9.73 Å². The van der Waals surface area contributed by atoms with Gasteiger partial charge in [0.25, 0.3) is 0 Å². The van der Waals surface area contributed by atoms with Crippen LogP contribution < -0.4 is 5.32 Å². The standard InChI is InChI=1S/C17H16ClN3OS/c1-23-15-8-7-13(18)10-14(15)19-11-17-21-20-16(22-17)9-12-5-3-2-4-6-12/h2-8,10,19H,9,11H2,1H3. The van der Waals surface area contributed by atoms with Crippen LogP contribution in [0.2, 0.25) is 5.02 Å². The molecule has 0 spiro atoms. The Balaban J connectivity index is 1.64. The number of thioether (sulfide) groups is 1. The first-order valence-corrected chi connectivity index (χ1v) is 8.77. The number of hydrogen-bond acceptors (Lipinski definition) is 5. The third-order valence-electron chi connectivity index (χ3n) is 3.30. The Bertz CT molecular complexity index is 777. The Hall–Kier alpha value is -1.98. The van der Waals surface area contributed by atoms with Crippen LogP contribution in [0.3, 0.4) is 0 Å². The molecule has 0 saturated carbocycles. The molecule has 23 heavy (non-hydrogen) atoms. The Morgan fingerprint density at radius 2 is 1.87 bits per heavy atom. The maximum Gasteiger partial charge on any atom is 0.235 e. The van der Waals surface area contributed by atoms with Gasteiger partial charge >= 0.3 is 0 Å². The van der Waals surface area contributed by atoms with Crippen LogP contribution in [-0.4, -0.2) is 16.5 Å². The summed E-state index contributed by atoms with van der Waals surface area (Å²) in [5.74, 6) is 1.17. The van der Waals surface area contributed by atoms with E-state index in [-0.39, 0.29) is 0 Å². The Labute approximate surface area is 144 Å². The number of rotatable bonds is 6. The van der Waals surface area contributed by atoms with Gasteiger partial charge in [0, 0.05) is 15.6 Å². The molecule has 3 aromatic rings. The minimum atomic E-state index is 0.468. The van der Waals surface area contributed by atoms with E-state index < -0.39 is 0 Å². The van der Waals surface area contributed by atoms with Crippen LogP contribution in [-0.2, 0) is 13.0 Å². The van der Waals surface area contributed by atoms with Crippen LogP contribution >= 0.6 is 23.4 Å². The second-order valence-corrected chi connectivity index (χ2v) is 6.23. The zero-order chi connectivity index (χ0) is 16.1. The maximum absolute atomic E-state index is 6.05. The van der Waals surface area contributed by atoms with Crippen LogP contribution in [0.25, 0.3) is 0 Å². The molecule has 0 saturated heterocycles. The highest BCUT2D eigenvalue weighted by atomic mass is 35.5. The molecular weight excluding hydrogens is 330 g/mol. The molecule has 0 amide bonds. The van der Waals surface area contributed by atoms with E-state index in [4.69, 9.17) is 16.0 Å². The van der Waals surface area contributed by atoms with E-state index in [9.17, 15) is 0 Å². The van der Waals surface area contributed by atoms with Crippen molar-refractivity contribution in [1.82, 2.24) is 10.2 Å². The number of nitrogens with one attached hydrogen (secondary N) is 1. The molecule has 1 N–H and O–H groups in total. The van der Waals surface area contributed by atoms with Gasteiger partial charge in [-0.3, -0.25) is 0 Å². The van der Waals surface area contributed by atoms with Crippen LogP contribution in [0.4, 0.5) is 5.69 Å². The highest BCUT2D eigenvalue weighted by Crippen LogP contribution is 2.28. The van der Waals surface area contributed by atoms with E-state index >= 15 is 0 Å². The lowest BCUT2D eigenvalue weighted by molar-refractivity contribution is 0.464. The number of anilines is 1. The van der Waals surface area contributed by atoms with E-state index in [0.29, 0.717) is 29.8 Å². The molecule has 0 bridgehead atoms. The molecule has 3 rings (SSSR count). The molecule has 0 atom stereocenters. The Morgan fingerprint density at radius 3 is 2.65 bits per heavy atom. The third-order valence-corrected chi connectivity index (χ3v) is 4.33. The number of halogens is 1. The Kier molecular flexibility index (Phi) is 5.20. The fourth-order valence-electron chi connectivity index (χ4n) is 2.19. The lowest BCUT2D eigenvalue weighted by Gasteiger charge is -2.09. The zero-order valence-corrected chi connectivity index (χ0v) is 14.2. The predicted molar refractivity (Wildman–Crippen MR) is 94.1 cm³/mol. The maximum atomic E-state index is 6.05. The Morgan fingerprint density at radius 1 is 1.09 bits per heavy atom. The summed E-state index contributed by atoms with van der Waals surface area (Å²) in [6, 6.07) is 15.8. The van der Waals surface area contributed by atoms with Crippen LogP contribution in [0.15, 0.2) is 57.8 Å². The van der Waals surface area contributed by atoms with E-state index in [1.807, 2.05) is 54.8 Å². The average Bonchev–Trinajstić information content (AvgIpc) is 3.01. The highest BCUT2D eigenvalue weighted by molar-refractivity contribution is 7.98. The van der Waals surface area contributed by atoms with E-state index in [2.05, 4.69) is 15.5 Å². The number of nitrogens with zero attached hydrogens (tertiary/aromatic N) is 2. The van der Waals surface area contributed by atoms with E-state index in [1.54, 1.807) is 11.8 Å². The van der Waals surface area contributed by atoms with Gasteiger partial charge in [-0.2, -0.15) is 0 Å². The van der Waals surface area contributed by atoms with Crippen molar-refractivity contribution in [2.24, 2.45) is 0 Å². The topological polar surface area (TPSA) is 51.0 Å². The number of benzene rings is 2. The number of hydrogen-bond donors (Lipinski definition) is 1. The summed E-state index contributed by atoms with van der Waals surface area (Å²) in [6.45, 7) is 0.468. The molecule has 0 radical (unpaired) electrons. The molecule has 1 aromatic heterocycles. The molecule has 0 aliphatic rings. The lowest BCUT2D eigenvalue weighted by atomic mass is 10.2. The minimum Gasteiger partial charge on any atom is -0.423 e. The van der Waals surface area contributed by atoms with Gasteiger partial charge in [0.2, 0.25) is 11.8 Å². The monoisotopic (exact) mass is 345 g/mol. The molecule has 0 aliphatic carbocycles. The van der Waals surface area contributed by atoms with Gasteiger partial charge in [-0.25, -0.2) is 0 Å². The van der Waals surface area contributed by atoms with Crippen molar-refractivity contribution in [1.29, 1.82) is 0 Å². The fourth-order valence-corrected chi connectivity index (χ4v) is 2.92. The second kappa shape index (κ2) is 7.53. The van der Waals surface area contributed by atoms with Gasteiger partial charge in [-0.15, -0.1) is 22.0 Å². The first-order chi connectivity index (χ1) is 11.2. The number of aromatic nitrogens is 2. The van der Waals surface area contributed by atoms with Crippen molar-refractivity contribution in [2.45, 2.75) is 17.9 Å². The average molecular weight is 346 g/mol. The summed E-state index contributed by atoms with van der Waals surface area (Å²) in [5.41, 5.74) is 2.11. The summed E-state index contributed by atoms with van der Waals surface area (Å²) < 4.78 is 5.69. The summed E-state index contributed by atoms with van der Waals surface area (Å²) >= 11 is 7.71. The fraction of sp³-hybridized carbons (Fsp3) is 0.176. The molecule has 0 aliphatic heterocycles. The molecule has 2 aromatic carbocycles. The molecule has 6 heteroatoms. The first-order valence-electron chi connectivity index (χ1n) is 7.17. The largest absolute Gasteiger partial charge is 0.423 e. The summed E-state index contributed by atoms with van der Waals surface area (Å²) in [5, 5.41) is 12.2. The van der Waals surface area contributed by atoms with Crippen molar-refractivity contribution < 1.29 is 4.42 Å². The lowest BCUT2D eigenvalue weighted by Crippen LogP contribution is -2.01. The molecular formula is C17H16ClN3OS. The van der Waals surface area contributed by atoms with Gasteiger partial charge in [-0.05, 0) is 30.0 Å². The van der Waals surface area contributed by atoms with Crippen LogP contribution in [0, 0.1) is 0 Å². The van der Waals surface area contributed by atoms with Crippen molar-refractivity contribution in [3.05, 3.63) is 70.9 Å². The first kappa shape index (κ1) is 15.9. The predicted octanol–water partition coefficient (Wildman–Crippen LogP) is 4.65. The summed E-state index contributed by atoms with van der Waals surface area (Å²) in [6.07, 6.45) is 2.67. The molecule has 0 fully saturated rings. The summed E-state index contributed by atoms with van der Waals surface area (Å²) in [4.78, 5) is 1.12. The van der Waals surface area contributed by atoms with Crippen molar-refractivity contribution in [3.8, 4) is 0 Å². The SMILES string of the molecule is CSc1ccc(Cl)cc1NCc1nnc(Cc2ccccc2)o1. The second-order valence-electron chi connectivity index (χ2n) is 4.95. The molecule has 0 unspecified atom stereocenters. The minimum absolute atomic E-state index is 0.468. The van der Waals surface area contributed by atoms with Crippen molar-refractivity contribution >= 4 is 29.1 Å². The van der Waals surface area contributed by atoms with E-state index in [1.165, 1.54) is 0 Å². The van der Waals surface area contributed by atoms with Gasteiger partial charge in [0.15, 0.2) is 0 Å². The molecule has 118 valence electrons. The summed E-state index contributed by atoms with van der Waals surface area (Å²) in [7, 11) is 0. The van der Waals surface area contributed by atoms with Crippen LogP contribution in [0.1, 0.15) is 17.3 Å². The van der Waals surface area contributed by atoms with Gasteiger partial charge in [-0.1, -0.05) is 41.9 Å². The highest BCUT2D eigenvalue weighted by Gasteiger charge is 2.08. The normalized spacial score (nSPS) is 10.7. The third kappa shape index (κ3) is 4.27. The van der Waals surface area contributed by atoms with Crippen LogP contribution in [0.5, 0.6) is 0 Å². The molecule has 4 nitrogen and oxygen atoms in total. The van der Waals surface area contributed by atoms with Gasteiger partial charge in [0.1, 0.15) is 0 Å². The zero-order valence-electron chi connectivity index (χ0n) is 12.6. The van der Waals surface area contributed by atoms with E-state index in [0.717, 1.165) is 16.1 Å². The van der Waals surface area contributed by atoms with Crippen molar-refractivity contribution in [3.63, 3.8) is 0 Å².